The van der Waals surface area contributed by atoms with Crippen LogP contribution in [-0.2, 0) is 6.18 Å². The van der Waals surface area contributed by atoms with Crippen LogP contribution in [0.2, 0.25) is 0 Å². The first kappa shape index (κ1) is 19.2. The second-order valence-corrected chi connectivity index (χ2v) is 6.20. The fraction of sp³-hybridized carbons (Fsp3) is 0.562. The van der Waals surface area contributed by atoms with Gasteiger partial charge in [0.25, 0.3) is 11.6 Å². The maximum Gasteiger partial charge on any atom is 0.416 e. The van der Waals surface area contributed by atoms with Gasteiger partial charge in [-0.1, -0.05) is 19.3 Å². The van der Waals surface area contributed by atoms with Crippen LogP contribution in [0, 0.1) is 16.0 Å². The SMILES string of the molecule is NCC(NC(=O)c1ccc(C(F)(F)F)cc1[N+](=O)[O-])C1CCCCC1. The predicted molar refractivity (Wildman–Crippen MR) is 85.0 cm³/mol. The Morgan fingerprint density at radius 2 is 1.96 bits per heavy atom. The van der Waals surface area contributed by atoms with Gasteiger partial charge in [0.1, 0.15) is 5.56 Å². The standard InChI is InChI=1S/C16H20F3N3O3/c17-16(18,19)11-6-7-12(14(8-11)22(24)25)15(23)21-13(9-20)10-4-2-1-3-5-10/h6-8,10,13H,1-5,9,20H2,(H,21,23). The molecule has 0 radical (unpaired) electrons. The molecule has 3 N–H and O–H groups in total. The quantitative estimate of drug-likeness (QED) is 0.623. The number of hydrogen-bond donors (Lipinski definition) is 2. The molecule has 2 rings (SSSR count). The Morgan fingerprint density at radius 1 is 1.32 bits per heavy atom. The van der Waals surface area contributed by atoms with Gasteiger partial charge in [0, 0.05) is 18.7 Å². The molecule has 1 aromatic carbocycles. The Labute approximate surface area is 142 Å². The Hall–Kier alpha value is -2.16. The highest BCUT2D eigenvalue weighted by Crippen LogP contribution is 2.33. The van der Waals surface area contributed by atoms with Crippen molar-refractivity contribution in [2.75, 3.05) is 6.54 Å². The van der Waals surface area contributed by atoms with Gasteiger partial charge in [-0.3, -0.25) is 14.9 Å². The number of nitro benzene ring substituents is 1. The molecular formula is C16H20F3N3O3. The summed E-state index contributed by atoms with van der Waals surface area (Å²) in [6, 6.07) is 1.53. The van der Waals surface area contributed by atoms with Crippen molar-refractivity contribution >= 4 is 11.6 Å². The van der Waals surface area contributed by atoms with Crippen LogP contribution < -0.4 is 11.1 Å². The summed E-state index contributed by atoms with van der Waals surface area (Å²) in [6.45, 7) is 0.171. The van der Waals surface area contributed by atoms with Crippen LogP contribution in [0.25, 0.3) is 0 Å². The molecule has 1 atom stereocenters. The van der Waals surface area contributed by atoms with Crippen molar-refractivity contribution in [2.45, 2.75) is 44.3 Å². The lowest BCUT2D eigenvalue weighted by Crippen LogP contribution is -2.46. The molecule has 138 valence electrons. The van der Waals surface area contributed by atoms with Crippen molar-refractivity contribution in [3.8, 4) is 0 Å². The zero-order valence-corrected chi connectivity index (χ0v) is 13.5. The van der Waals surface area contributed by atoms with E-state index in [0.29, 0.717) is 12.1 Å². The molecule has 1 aromatic rings. The zero-order chi connectivity index (χ0) is 18.6. The minimum Gasteiger partial charge on any atom is -0.348 e. The number of nitrogens with two attached hydrogens (primary N) is 1. The van der Waals surface area contributed by atoms with Gasteiger partial charge in [-0.15, -0.1) is 0 Å². The fourth-order valence-electron chi connectivity index (χ4n) is 3.20. The second-order valence-electron chi connectivity index (χ2n) is 6.20. The van der Waals surface area contributed by atoms with Gasteiger partial charge in [0.15, 0.2) is 0 Å². The van der Waals surface area contributed by atoms with Crippen LogP contribution in [0.15, 0.2) is 18.2 Å². The molecule has 1 fully saturated rings. The number of carbonyl (C=O) groups is 1. The Balaban J connectivity index is 2.23. The molecule has 1 aliphatic carbocycles. The van der Waals surface area contributed by atoms with Gasteiger partial charge in [-0.2, -0.15) is 13.2 Å². The third-order valence-electron chi connectivity index (χ3n) is 4.56. The molecule has 0 bridgehead atoms. The van der Waals surface area contributed by atoms with E-state index in [4.69, 9.17) is 5.73 Å². The lowest BCUT2D eigenvalue weighted by molar-refractivity contribution is -0.385. The lowest BCUT2D eigenvalue weighted by Gasteiger charge is -2.30. The van der Waals surface area contributed by atoms with E-state index in [1.54, 1.807) is 0 Å². The topological polar surface area (TPSA) is 98.3 Å². The number of halogens is 3. The van der Waals surface area contributed by atoms with E-state index in [-0.39, 0.29) is 18.5 Å². The van der Waals surface area contributed by atoms with Gasteiger partial charge < -0.3 is 11.1 Å². The molecule has 0 aromatic heterocycles. The summed E-state index contributed by atoms with van der Waals surface area (Å²) in [5, 5.41) is 13.8. The monoisotopic (exact) mass is 359 g/mol. The first-order valence-electron chi connectivity index (χ1n) is 8.10. The Morgan fingerprint density at radius 3 is 2.48 bits per heavy atom. The largest absolute Gasteiger partial charge is 0.416 e. The van der Waals surface area contributed by atoms with E-state index in [0.717, 1.165) is 38.2 Å². The number of hydrogen-bond acceptors (Lipinski definition) is 4. The van der Waals surface area contributed by atoms with Crippen molar-refractivity contribution in [2.24, 2.45) is 11.7 Å². The van der Waals surface area contributed by atoms with E-state index in [9.17, 15) is 28.1 Å². The second kappa shape index (κ2) is 7.81. The predicted octanol–water partition coefficient (Wildman–Crippen LogP) is 3.25. The third kappa shape index (κ3) is 4.68. The average Bonchev–Trinajstić information content (AvgIpc) is 2.58. The Kier molecular flexibility index (Phi) is 5.99. The smallest absolute Gasteiger partial charge is 0.348 e. The minimum atomic E-state index is -4.72. The summed E-state index contributed by atoms with van der Waals surface area (Å²) in [5.74, 6) is -0.599. The van der Waals surface area contributed by atoms with E-state index in [2.05, 4.69) is 5.32 Å². The molecular weight excluding hydrogens is 339 g/mol. The molecule has 0 aliphatic heterocycles. The zero-order valence-electron chi connectivity index (χ0n) is 13.5. The minimum absolute atomic E-state index is 0.171. The summed E-state index contributed by atoms with van der Waals surface area (Å²) in [5.41, 5.74) is 3.28. The van der Waals surface area contributed by atoms with Crippen LogP contribution in [-0.4, -0.2) is 23.4 Å². The summed E-state index contributed by atoms with van der Waals surface area (Å²) >= 11 is 0. The molecule has 9 heteroatoms. The molecule has 6 nitrogen and oxygen atoms in total. The Bertz CT molecular complexity index is 643. The van der Waals surface area contributed by atoms with E-state index in [1.165, 1.54) is 0 Å². The highest BCUT2D eigenvalue weighted by Gasteiger charge is 2.34. The van der Waals surface area contributed by atoms with Crippen LogP contribution in [0.4, 0.5) is 18.9 Å². The molecule has 0 spiro atoms. The van der Waals surface area contributed by atoms with E-state index in [1.807, 2.05) is 0 Å². The molecule has 0 saturated heterocycles. The molecule has 1 aliphatic rings. The maximum atomic E-state index is 12.7. The van der Waals surface area contributed by atoms with E-state index >= 15 is 0 Å². The van der Waals surface area contributed by atoms with Crippen molar-refractivity contribution in [1.82, 2.24) is 5.32 Å². The third-order valence-corrected chi connectivity index (χ3v) is 4.56. The lowest BCUT2D eigenvalue weighted by atomic mass is 9.84. The summed E-state index contributed by atoms with van der Waals surface area (Å²) in [7, 11) is 0. The van der Waals surface area contributed by atoms with E-state index < -0.39 is 33.8 Å². The number of nitro groups is 1. The fourth-order valence-corrected chi connectivity index (χ4v) is 3.20. The maximum absolute atomic E-state index is 12.7. The average molecular weight is 359 g/mol. The van der Waals surface area contributed by atoms with Crippen molar-refractivity contribution < 1.29 is 22.9 Å². The van der Waals surface area contributed by atoms with Crippen LogP contribution >= 0.6 is 0 Å². The molecule has 1 unspecified atom stereocenters. The molecule has 1 saturated carbocycles. The van der Waals surface area contributed by atoms with Gasteiger partial charge in [-0.25, -0.2) is 0 Å². The first-order valence-corrected chi connectivity index (χ1v) is 8.10. The van der Waals surface area contributed by atoms with Gasteiger partial charge in [-0.05, 0) is 30.9 Å². The molecule has 25 heavy (non-hydrogen) atoms. The van der Waals surface area contributed by atoms with Gasteiger partial charge in [0.2, 0.25) is 0 Å². The summed E-state index contributed by atoms with van der Waals surface area (Å²) in [4.78, 5) is 22.5. The number of alkyl halides is 3. The van der Waals surface area contributed by atoms with Gasteiger partial charge in [0.05, 0.1) is 10.5 Å². The summed E-state index contributed by atoms with van der Waals surface area (Å²) < 4.78 is 38.2. The van der Waals surface area contributed by atoms with Crippen LogP contribution in [0.3, 0.4) is 0 Å². The molecule has 1 amide bonds. The van der Waals surface area contributed by atoms with Crippen molar-refractivity contribution in [1.29, 1.82) is 0 Å². The number of rotatable bonds is 5. The van der Waals surface area contributed by atoms with Crippen LogP contribution in [0.5, 0.6) is 0 Å². The van der Waals surface area contributed by atoms with Crippen LogP contribution in [0.1, 0.15) is 48.0 Å². The number of nitrogens with zero attached hydrogens (tertiary/aromatic N) is 1. The number of carbonyl (C=O) groups excluding carboxylic acids is 1. The number of amides is 1. The summed E-state index contributed by atoms with van der Waals surface area (Å²) in [6.07, 6.45) is 0.247. The highest BCUT2D eigenvalue weighted by molar-refractivity contribution is 5.98. The van der Waals surface area contributed by atoms with Crippen molar-refractivity contribution in [3.05, 3.63) is 39.4 Å². The first-order chi connectivity index (χ1) is 11.7. The highest BCUT2D eigenvalue weighted by atomic mass is 19.4. The van der Waals surface area contributed by atoms with Gasteiger partial charge >= 0.3 is 6.18 Å². The number of nitrogens with one attached hydrogen (secondary N) is 1. The number of benzene rings is 1. The normalized spacial score (nSPS) is 17.1. The molecule has 0 heterocycles. The van der Waals surface area contributed by atoms with Crippen molar-refractivity contribution in [3.63, 3.8) is 0 Å².